The number of carbonyl (C=O) groups excluding carboxylic acids is 4. The number of carbonyl (C=O) groups is 4. The number of aromatic nitrogens is 2. The Balaban J connectivity index is 0.000000185. The van der Waals surface area contributed by atoms with Crippen LogP contribution in [0.25, 0.3) is 0 Å². The van der Waals surface area contributed by atoms with Gasteiger partial charge in [0, 0.05) is 51.2 Å². The zero-order valence-electron chi connectivity index (χ0n) is 30.0. The van der Waals surface area contributed by atoms with Crippen molar-refractivity contribution in [1.82, 2.24) is 20.6 Å². The molecule has 0 radical (unpaired) electrons. The molecule has 0 bridgehead atoms. The molecular formula is C41H44FN5O6. The summed E-state index contributed by atoms with van der Waals surface area (Å²) in [6.45, 7) is 5.79. The number of benzene rings is 2. The fraction of sp³-hybridized carbons (Fsp3) is 0.366. The molecule has 0 spiro atoms. The summed E-state index contributed by atoms with van der Waals surface area (Å²) in [7, 11) is 0. The van der Waals surface area contributed by atoms with E-state index in [1.54, 1.807) is 20.0 Å². The van der Waals surface area contributed by atoms with Crippen LogP contribution in [0.5, 0.6) is 0 Å². The summed E-state index contributed by atoms with van der Waals surface area (Å²) in [4.78, 5) is 61.6. The highest BCUT2D eigenvalue weighted by atomic mass is 19.1. The van der Waals surface area contributed by atoms with Crippen molar-refractivity contribution in [1.29, 1.82) is 0 Å². The number of halogens is 1. The number of fused-ring (bicyclic) bond motifs is 2. The first-order valence-corrected chi connectivity index (χ1v) is 18.1. The maximum atomic E-state index is 13.8. The summed E-state index contributed by atoms with van der Waals surface area (Å²) in [6, 6.07) is 21.8. The zero-order chi connectivity index (χ0) is 37.4. The van der Waals surface area contributed by atoms with E-state index >= 15 is 0 Å². The molecule has 2 aromatic carbocycles. The van der Waals surface area contributed by atoms with Gasteiger partial charge >= 0.3 is 11.9 Å². The number of hydrogen-bond acceptors (Lipinski definition) is 9. The minimum atomic E-state index is -1.24. The predicted octanol–water partition coefficient (Wildman–Crippen LogP) is 4.95. The molecule has 0 saturated carbocycles. The molecule has 1 fully saturated rings. The zero-order valence-corrected chi connectivity index (χ0v) is 30.0. The first kappa shape index (κ1) is 37.1. The molecule has 276 valence electrons. The summed E-state index contributed by atoms with van der Waals surface area (Å²) in [5.41, 5.74) is 2.61. The van der Waals surface area contributed by atoms with Crippen LogP contribution in [0.15, 0.2) is 85.2 Å². The van der Waals surface area contributed by atoms with Gasteiger partial charge in [-0.05, 0) is 79.6 Å². The summed E-state index contributed by atoms with van der Waals surface area (Å²) >= 11 is 0. The Hall–Kier alpha value is -5.65. The number of anilines is 1. The number of ether oxygens (including phenoxy) is 2. The fourth-order valence-corrected chi connectivity index (χ4v) is 7.40. The Labute approximate surface area is 308 Å². The van der Waals surface area contributed by atoms with Gasteiger partial charge in [-0.2, -0.15) is 0 Å². The van der Waals surface area contributed by atoms with Gasteiger partial charge in [0.1, 0.15) is 11.1 Å². The number of rotatable bonds is 9. The molecule has 4 aromatic rings. The lowest BCUT2D eigenvalue weighted by Gasteiger charge is -2.31. The average Bonchev–Trinajstić information content (AvgIpc) is 3.75. The lowest BCUT2D eigenvalue weighted by molar-refractivity contribution is -0.151. The summed E-state index contributed by atoms with van der Waals surface area (Å²) in [6.07, 6.45) is 7.86. The van der Waals surface area contributed by atoms with Crippen molar-refractivity contribution in [2.75, 3.05) is 31.2 Å². The van der Waals surface area contributed by atoms with Crippen LogP contribution in [0.1, 0.15) is 76.3 Å². The fourth-order valence-electron chi connectivity index (χ4n) is 7.40. The van der Waals surface area contributed by atoms with E-state index in [-0.39, 0.29) is 30.8 Å². The van der Waals surface area contributed by atoms with Crippen molar-refractivity contribution in [3.05, 3.63) is 125 Å². The summed E-state index contributed by atoms with van der Waals surface area (Å²) in [5, 5.41) is 5.68. The SMILES string of the molecule is CCOC(=O)C1(NC(=O)c2ncccc2F)Cc2ccccc2C1.CCOC(=O)C1(NC(=O)c2ncccc2N2CCCCC2)Cc2ccccc2C1. The molecule has 2 aromatic heterocycles. The van der Waals surface area contributed by atoms with Gasteiger partial charge in [-0.3, -0.25) is 9.59 Å². The van der Waals surface area contributed by atoms with E-state index in [1.165, 1.54) is 18.7 Å². The molecule has 0 unspecified atom stereocenters. The molecule has 0 atom stereocenters. The van der Waals surface area contributed by atoms with Crippen LogP contribution in [0.3, 0.4) is 0 Å². The standard InChI is InChI=1S/C23H27N3O3.C18H17FN2O3/c1-2-29-22(28)23(15-17-9-4-5-10-18(17)16-23)25-21(27)20-19(11-8-12-24-20)26-13-6-3-7-14-26;1-2-24-17(23)18(10-12-6-3-4-7-13(12)11-18)21-16(22)15-14(19)8-5-9-20-15/h4-5,8-12H,2-3,6-7,13-16H2,1H3,(H,25,27);3-9H,2,10-11H2,1H3,(H,21,22). The highest BCUT2D eigenvalue weighted by molar-refractivity contribution is 6.01. The molecule has 3 heterocycles. The van der Waals surface area contributed by atoms with Gasteiger partial charge in [-0.25, -0.2) is 23.9 Å². The molecule has 11 nitrogen and oxygen atoms in total. The van der Waals surface area contributed by atoms with E-state index in [9.17, 15) is 23.6 Å². The van der Waals surface area contributed by atoms with Gasteiger partial charge < -0.3 is 25.0 Å². The smallest absolute Gasteiger partial charge is 0.332 e. The third-order valence-electron chi connectivity index (χ3n) is 9.92. The molecular weight excluding hydrogens is 677 g/mol. The quantitative estimate of drug-likeness (QED) is 0.230. The molecule has 12 heteroatoms. The Morgan fingerprint density at radius 3 is 1.53 bits per heavy atom. The van der Waals surface area contributed by atoms with Crippen molar-refractivity contribution >= 4 is 29.4 Å². The average molecular weight is 722 g/mol. The molecule has 2 aliphatic carbocycles. The number of amides is 2. The van der Waals surface area contributed by atoms with Crippen LogP contribution in [0.2, 0.25) is 0 Å². The number of piperidine rings is 1. The maximum Gasteiger partial charge on any atom is 0.332 e. The molecule has 53 heavy (non-hydrogen) atoms. The minimum Gasteiger partial charge on any atom is -0.464 e. The molecule has 2 amide bonds. The van der Waals surface area contributed by atoms with E-state index in [0.29, 0.717) is 31.4 Å². The largest absolute Gasteiger partial charge is 0.464 e. The highest BCUT2D eigenvalue weighted by Crippen LogP contribution is 2.33. The van der Waals surface area contributed by atoms with Crippen molar-refractivity contribution in [3.63, 3.8) is 0 Å². The van der Waals surface area contributed by atoms with Crippen LogP contribution in [-0.4, -0.2) is 71.1 Å². The van der Waals surface area contributed by atoms with Crippen molar-refractivity contribution < 1.29 is 33.0 Å². The number of pyridine rings is 2. The minimum absolute atomic E-state index is 0.199. The van der Waals surface area contributed by atoms with Crippen LogP contribution in [0.4, 0.5) is 10.1 Å². The number of nitrogens with zero attached hydrogens (tertiary/aromatic N) is 3. The van der Waals surface area contributed by atoms with Gasteiger partial charge in [0.15, 0.2) is 17.2 Å². The van der Waals surface area contributed by atoms with Crippen LogP contribution in [0, 0.1) is 5.82 Å². The Morgan fingerprint density at radius 1 is 0.642 bits per heavy atom. The van der Waals surface area contributed by atoms with Gasteiger partial charge in [0.25, 0.3) is 11.8 Å². The van der Waals surface area contributed by atoms with Gasteiger partial charge in [0.2, 0.25) is 0 Å². The highest BCUT2D eigenvalue weighted by Gasteiger charge is 2.48. The van der Waals surface area contributed by atoms with Crippen LogP contribution in [-0.2, 0) is 44.7 Å². The third-order valence-corrected chi connectivity index (χ3v) is 9.92. The Morgan fingerprint density at radius 2 is 1.08 bits per heavy atom. The van der Waals surface area contributed by atoms with E-state index < -0.39 is 28.8 Å². The lowest BCUT2D eigenvalue weighted by Crippen LogP contribution is -2.56. The van der Waals surface area contributed by atoms with E-state index in [0.717, 1.165) is 59.9 Å². The third kappa shape index (κ3) is 8.06. The number of esters is 2. The van der Waals surface area contributed by atoms with Crippen LogP contribution >= 0.6 is 0 Å². The normalized spacial score (nSPS) is 16.2. The number of nitrogens with one attached hydrogen (secondary N) is 2. The van der Waals surface area contributed by atoms with Crippen molar-refractivity contribution in [2.45, 2.75) is 69.9 Å². The van der Waals surface area contributed by atoms with Gasteiger partial charge in [-0.15, -0.1) is 0 Å². The molecule has 1 saturated heterocycles. The maximum absolute atomic E-state index is 13.8. The lowest BCUT2D eigenvalue weighted by atomic mass is 9.95. The first-order valence-electron chi connectivity index (χ1n) is 18.1. The van der Waals surface area contributed by atoms with E-state index in [2.05, 4.69) is 25.5 Å². The topological polar surface area (TPSA) is 140 Å². The Kier molecular flexibility index (Phi) is 11.5. The van der Waals surface area contributed by atoms with Crippen molar-refractivity contribution in [3.8, 4) is 0 Å². The van der Waals surface area contributed by atoms with Crippen molar-refractivity contribution in [2.24, 2.45) is 0 Å². The Bertz CT molecular complexity index is 1930. The molecule has 1 aliphatic heterocycles. The van der Waals surface area contributed by atoms with Crippen LogP contribution < -0.4 is 15.5 Å². The van der Waals surface area contributed by atoms with E-state index in [1.807, 2.05) is 60.7 Å². The summed E-state index contributed by atoms with van der Waals surface area (Å²) in [5.74, 6) is -2.70. The second-order valence-corrected chi connectivity index (χ2v) is 13.5. The molecule has 7 rings (SSSR count). The molecule has 3 aliphatic rings. The number of hydrogen-bond donors (Lipinski definition) is 2. The van der Waals surface area contributed by atoms with E-state index in [4.69, 9.17) is 9.47 Å². The second-order valence-electron chi connectivity index (χ2n) is 13.5. The second kappa shape index (κ2) is 16.4. The monoisotopic (exact) mass is 721 g/mol. The van der Waals surface area contributed by atoms with Gasteiger partial charge in [0.05, 0.1) is 18.9 Å². The van der Waals surface area contributed by atoms with Gasteiger partial charge in [-0.1, -0.05) is 48.5 Å². The molecule has 2 N–H and O–H groups in total. The summed E-state index contributed by atoms with van der Waals surface area (Å²) < 4.78 is 24.3. The first-order chi connectivity index (χ1) is 25.7. The predicted molar refractivity (Wildman–Crippen MR) is 196 cm³/mol.